The van der Waals surface area contributed by atoms with Crippen molar-refractivity contribution in [3.63, 3.8) is 0 Å². The standard InChI is InChI=1S/C7H16N2O2/c1-4-9(5-2)8-6(3)7(10)11/h6,8H,4-5H2,1-3H3,(H,10,11). The van der Waals surface area contributed by atoms with Gasteiger partial charge in [0.1, 0.15) is 6.04 Å². The molecule has 0 aliphatic rings. The topological polar surface area (TPSA) is 52.6 Å². The van der Waals surface area contributed by atoms with Crippen LogP contribution in [-0.2, 0) is 4.79 Å². The van der Waals surface area contributed by atoms with E-state index in [4.69, 9.17) is 5.11 Å². The molecule has 1 atom stereocenters. The summed E-state index contributed by atoms with van der Waals surface area (Å²) < 4.78 is 0. The molecular weight excluding hydrogens is 144 g/mol. The molecule has 4 heteroatoms. The van der Waals surface area contributed by atoms with Gasteiger partial charge in [0.25, 0.3) is 0 Å². The van der Waals surface area contributed by atoms with Crippen molar-refractivity contribution in [1.82, 2.24) is 10.4 Å². The first-order valence-corrected chi connectivity index (χ1v) is 3.85. The first-order valence-electron chi connectivity index (χ1n) is 3.85. The molecule has 0 saturated heterocycles. The molecule has 0 rings (SSSR count). The highest BCUT2D eigenvalue weighted by Gasteiger charge is 2.11. The molecule has 0 aromatic heterocycles. The second kappa shape index (κ2) is 5.09. The molecule has 0 aliphatic carbocycles. The van der Waals surface area contributed by atoms with Crippen LogP contribution in [0.25, 0.3) is 0 Å². The minimum Gasteiger partial charge on any atom is -0.480 e. The minimum absolute atomic E-state index is 0.505. The lowest BCUT2D eigenvalue weighted by Gasteiger charge is -2.21. The van der Waals surface area contributed by atoms with Crippen molar-refractivity contribution in [1.29, 1.82) is 0 Å². The van der Waals surface area contributed by atoms with E-state index in [1.807, 2.05) is 18.9 Å². The second-order valence-corrected chi connectivity index (χ2v) is 2.36. The molecule has 0 spiro atoms. The van der Waals surface area contributed by atoms with E-state index in [2.05, 4.69) is 5.43 Å². The Kier molecular flexibility index (Phi) is 4.81. The van der Waals surface area contributed by atoms with Crippen LogP contribution in [0.3, 0.4) is 0 Å². The molecule has 66 valence electrons. The van der Waals surface area contributed by atoms with Gasteiger partial charge in [0.2, 0.25) is 0 Å². The second-order valence-electron chi connectivity index (χ2n) is 2.36. The van der Waals surface area contributed by atoms with Crippen molar-refractivity contribution in [2.75, 3.05) is 13.1 Å². The maximum atomic E-state index is 10.4. The van der Waals surface area contributed by atoms with Crippen LogP contribution in [0.2, 0.25) is 0 Å². The number of carboxylic acid groups (broad SMARTS) is 1. The molecule has 1 unspecified atom stereocenters. The van der Waals surface area contributed by atoms with E-state index in [1.54, 1.807) is 6.92 Å². The number of nitrogens with zero attached hydrogens (tertiary/aromatic N) is 1. The largest absolute Gasteiger partial charge is 0.480 e. The van der Waals surface area contributed by atoms with Crippen molar-refractivity contribution in [2.45, 2.75) is 26.8 Å². The zero-order valence-electron chi connectivity index (χ0n) is 7.29. The van der Waals surface area contributed by atoms with Crippen molar-refractivity contribution < 1.29 is 9.90 Å². The summed E-state index contributed by atoms with van der Waals surface area (Å²) in [5.41, 5.74) is 2.85. The fourth-order valence-corrected chi connectivity index (χ4v) is 0.735. The summed E-state index contributed by atoms with van der Waals surface area (Å²) in [6, 6.07) is -0.505. The summed E-state index contributed by atoms with van der Waals surface area (Å²) in [4.78, 5) is 10.4. The molecule has 0 radical (unpaired) electrons. The molecule has 0 saturated carbocycles. The van der Waals surface area contributed by atoms with Crippen molar-refractivity contribution in [2.24, 2.45) is 0 Å². The molecule has 0 bridgehead atoms. The van der Waals surface area contributed by atoms with Crippen molar-refractivity contribution in [3.05, 3.63) is 0 Å². The molecule has 0 aromatic rings. The van der Waals surface area contributed by atoms with Gasteiger partial charge in [0, 0.05) is 13.1 Å². The summed E-state index contributed by atoms with van der Waals surface area (Å²) >= 11 is 0. The Hall–Kier alpha value is -0.610. The molecule has 0 fully saturated rings. The number of hydrogen-bond acceptors (Lipinski definition) is 3. The number of carboxylic acids is 1. The molecule has 11 heavy (non-hydrogen) atoms. The highest BCUT2D eigenvalue weighted by atomic mass is 16.4. The van der Waals surface area contributed by atoms with Gasteiger partial charge >= 0.3 is 5.97 Å². The van der Waals surface area contributed by atoms with E-state index in [0.717, 1.165) is 13.1 Å². The van der Waals surface area contributed by atoms with E-state index in [0.29, 0.717) is 0 Å². The smallest absolute Gasteiger partial charge is 0.321 e. The summed E-state index contributed by atoms with van der Waals surface area (Å²) in [5.74, 6) is -0.822. The first kappa shape index (κ1) is 10.4. The van der Waals surface area contributed by atoms with Gasteiger partial charge in [0.15, 0.2) is 0 Å². The van der Waals surface area contributed by atoms with Gasteiger partial charge in [-0.05, 0) is 6.92 Å². The predicted octanol–water partition coefficient (Wildman–Crippen LogP) is 0.306. The Morgan fingerprint density at radius 2 is 2.00 bits per heavy atom. The number of aliphatic carboxylic acids is 1. The third kappa shape index (κ3) is 3.95. The lowest BCUT2D eigenvalue weighted by molar-refractivity contribution is -0.140. The SMILES string of the molecule is CCN(CC)NC(C)C(=O)O. The van der Waals surface area contributed by atoms with Gasteiger partial charge in [-0.3, -0.25) is 4.79 Å². The highest BCUT2D eigenvalue weighted by Crippen LogP contribution is 1.86. The monoisotopic (exact) mass is 160 g/mol. The molecular formula is C7H16N2O2. The van der Waals surface area contributed by atoms with Crippen molar-refractivity contribution >= 4 is 5.97 Å². The maximum absolute atomic E-state index is 10.4. The fourth-order valence-electron chi connectivity index (χ4n) is 0.735. The number of hydrogen-bond donors (Lipinski definition) is 2. The molecule has 4 nitrogen and oxygen atoms in total. The van der Waals surface area contributed by atoms with Crippen LogP contribution in [0.15, 0.2) is 0 Å². The van der Waals surface area contributed by atoms with Crippen LogP contribution < -0.4 is 5.43 Å². The number of hydrazine groups is 1. The molecule has 0 amide bonds. The molecule has 0 aliphatic heterocycles. The zero-order valence-corrected chi connectivity index (χ0v) is 7.29. The fraction of sp³-hybridized carbons (Fsp3) is 0.857. The van der Waals surface area contributed by atoms with Crippen LogP contribution >= 0.6 is 0 Å². The summed E-state index contributed by atoms with van der Waals surface area (Å²) in [5, 5.41) is 10.4. The maximum Gasteiger partial charge on any atom is 0.321 e. The Balaban J connectivity index is 3.71. The number of carbonyl (C=O) groups is 1. The third-order valence-electron chi connectivity index (χ3n) is 1.51. The van der Waals surface area contributed by atoms with Gasteiger partial charge in [-0.2, -0.15) is 0 Å². The highest BCUT2D eigenvalue weighted by molar-refractivity contribution is 5.72. The van der Waals surface area contributed by atoms with Crippen LogP contribution in [0.5, 0.6) is 0 Å². The Morgan fingerprint density at radius 3 is 2.27 bits per heavy atom. The van der Waals surface area contributed by atoms with E-state index in [9.17, 15) is 4.79 Å². The summed E-state index contributed by atoms with van der Waals surface area (Å²) in [7, 11) is 0. The third-order valence-corrected chi connectivity index (χ3v) is 1.51. The van der Waals surface area contributed by atoms with E-state index in [-0.39, 0.29) is 0 Å². The van der Waals surface area contributed by atoms with E-state index >= 15 is 0 Å². The van der Waals surface area contributed by atoms with Crippen LogP contribution in [0.1, 0.15) is 20.8 Å². The summed E-state index contributed by atoms with van der Waals surface area (Å²) in [6.45, 7) is 7.21. The van der Waals surface area contributed by atoms with Crippen molar-refractivity contribution in [3.8, 4) is 0 Å². The molecule has 0 aromatic carbocycles. The first-order chi connectivity index (χ1) is 5.11. The Labute approximate surface area is 67.2 Å². The molecule has 2 N–H and O–H groups in total. The summed E-state index contributed by atoms with van der Waals surface area (Å²) in [6.07, 6.45) is 0. The van der Waals surface area contributed by atoms with E-state index in [1.165, 1.54) is 0 Å². The minimum atomic E-state index is -0.822. The van der Waals surface area contributed by atoms with Gasteiger partial charge in [-0.25, -0.2) is 10.4 Å². The average molecular weight is 160 g/mol. The number of rotatable bonds is 5. The lowest BCUT2D eigenvalue weighted by atomic mass is 10.4. The average Bonchev–Trinajstić information content (AvgIpc) is 1.99. The Bertz CT molecular complexity index is 124. The van der Waals surface area contributed by atoms with Gasteiger partial charge < -0.3 is 5.11 Å². The van der Waals surface area contributed by atoms with E-state index < -0.39 is 12.0 Å². The van der Waals surface area contributed by atoms with Gasteiger partial charge in [-0.1, -0.05) is 13.8 Å². The number of nitrogens with one attached hydrogen (secondary N) is 1. The van der Waals surface area contributed by atoms with Crippen LogP contribution in [0, 0.1) is 0 Å². The quantitative estimate of drug-likeness (QED) is 0.568. The normalized spacial score (nSPS) is 13.5. The Morgan fingerprint density at radius 1 is 1.55 bits per heavy atom. The van der Waals surface area contributed by atoms with Crippen LogP contribution in [0.4, 0.5) is 0 Å². The van der Waals surface area contributed by atoms with Gasteiger partial charge in [-0.15, -0.1) is 0 Å². The lowest BCUT2D eigenvalue weighted by Crippen LogP contribution is -2.46. The molecule has 0 heterocycles. The van der Waals surface area contributed by atoms with Gasteiger partial charge in [0.05, 0.1) is 0 Å². The predicted molar refractivity (Wildman–Crippen MR) is 43.2 cm³/mol. The van der Waals surface area contributed by atoms with Crippen LogP contribution in [-0.4, -0.2) is 35.2 Å². The zero-order chi connectivity index (χ0) is 8.85.